The zero-order valence-corrected chi connectivity index (χ0v) is 6.23. The molecule has 60 valence electrons. The zero-order valence-electron chi connectivity index (χ0n) is 6.23. The fraction of sp³-hybridized carbons (Fsp3) is 0.500. The Balaban J connectivity index is 3.59. The van der Waals surface area contributed by atoms with Crippen LogP contribution in [-0.4, -0.2) is 12.6 Å². The Morgan fingerprint density at radius 3 is 3.09 bits per heavy atom. The Morgan fingerprint density at radius 1 is 1.82 bits per heavy atom. The monoisotopic (exact) mass is 155 g/mol. The van der Waals surface area contributed by atoms with Crippen molar-refractivity contribution in [1.82, 2.24) is 0 Å². The zero-order chi connectivity index (χ0) is 8.53. The minimum Gasteiger partial charge on any atom is -0.463 e. The van der Waals surface area contributed by atoms with Crippen LogP contribution in [-0.2, 0) is 9.53 Å². The molecule has 0 radical (unpaired) electrons. The lowest BCUT2D eigenvalue weighted by Gasteiger charge is -1.95. The lowest BCUT2D eigenvalue weighted by molar-refractivity contribution is -0.137. The van der Waals surface area contributed by atoms with Gasteiger partial charge in [-0.15, -0.1) is 0 Å². The highest BCUT2D eigenvalue weighted by Crippen LogP contribution is 1.85. The van der Waals surface area contributed by atoms with Gasteiger partial charge in [-0.25, -0.2) is 4.79 Å². The maximum atomic E-state index is 10.6. The molecule has 0 aromatic heterocycles. The van der Waals surface area contributed by atoms with Crippen LogP contribution in [0.3, 0.4) is 0 Å². The van der Waals surface area contributed by atoms with Gasteiger partial charge in [0.2, 0.25) is 0 Å². The molecule has 0 aromatic rings. The molecule has 0 aliphatic rings. The number of nitrogens with zero attached hydrogens (tertiary/aromatic N) is 3. The molecule has 0 spiro atoms. The first kappa shape index (κ1) is 9.52. The van der Waals surface area contributed by atoms with Crippen LogP contribution in [0, 0.1) is 0 Å². The minimum absolute atomic E-state index is 0.388. The second kappa shape index (κ2) is 6.64. The van der Waals surface area contributed by atoms with Crippen molar-refractivity contribution < 1.29 is 9.53 Å². The summed E-state index contributed by atoms with van der Waals surface area (Å²) in [5.74, 6) is -0.487. The standard InChI is InChI=1S/C6H9N3O2/c1-2-5-11-6(10)3-4-8-9-7/h3-4H,2,5H2,1H3. The molecule has 0 unspecified atom stereocenters. The average Bonchev–Trinajstić information content (AvgIpc) is 2.01. The fourth-order valence-corrected chi connectivity index (χ4v) is 0.375. The Labute approximate surface area is 64.3 Å². The first-order chi connectivity index (χ1) is 5.31. The molecule has 0 aliphatic carbocycles. The van der Waals surface area contributed by atoms with E-state index in [4.69, 9.17) is 5.53 Å². The molecule has 11 heavy (non-hydrogen) atoms. The molecule has 0 saturated heterocycles. The van der Waals surface area contributed by atoms with E-state index in [1.165, 1.54) is 0 Å². The van der Waals surface area contributed by atoms with Crippen LogP contribution in [0.2, 0.25) is 0 Å². The molecular weight excluding hydrogens is 146 g/mol. The van der Waals surface area contributed by atoms with Crippen LogP contribution in [0.1, 0.15) is 13.3 Å². The van der Waals surface area contributed by atoms with Crippen LogP contribution in [0.4, 0.5) is 0 Å². The molecule has 0 atom stereocenters. The normalized spacial score (nSPS) is 9.18. The molecule has 0 fully saturated rings. The smallest absolute Gasteiger partial charge is 0.330 e. The second-order valence-electron chi connectivity index (χ2n) is 1.69. The highest BCUT2D eigenvalue weighted by atomic mass is 16.5. The molecule has 0 bridgehead atoms. The van der Waals surface area contributed by atoms with Crippen LogP contribution in [0.15, 0.2) is 17.4 Å². The SMILES string of the molecule is CCCOC(=O)C=CN=[N+]=[N-]. The molecule has 0 heterocycles. The Hall–Kier alpha value is -1.48. The van der Waals surface area contributed by atoms with Crippen LogP contribution < -0.4 is 0 Å². The molecule has 0 aromatic carbocycles. The van der Waals surface area contributed by atoms with Crippen molar-refractivity contribution in [1.29, 1.82) is 0 Å². The summed E-state index contributed by atoms with van der Waals surface area (Å²) >= 11 is 0. The first-order valence-electron chi connectivity index (χ1n) is 3.18. The van der Waals surface area contributed by atoms with Gasteiger partial charge in [-0.1, -0.05) is 12.0 Å². The van der Waals surface area contributed by atoms with E-state index in [0.717, 1.165) is 18.7 Å². The van der Waals surface area contributed by atoms with Crippen LogP contribution in [0.5, 0.6) is 0 Å². The largest absolute Gasteiger partial charge is 0.463 e. The molecule has 0 rings (SSSR count). The maximum Gasteiger partial charge on any atom is 0.330 e. The maximum absolute atomic E-state index is 10.6. The lowest BCUT2D eigenvalue weighted by atomic mass is 10.5. The quantitative estimate of drug-likeness (QED) is 0.204. The molecule has 5 heteroatoms. The number of hydrogen-bond donors (Lipinski definition) is 0. The number of carbonyl (C=O) groups is 1. The third kappa shape index (κ3) is 6.40. The van der Waals surface area contributed by atoms with E-state index in [1.54, 1.807) is 0 Å². The third-order valence-corrected chi connectivity index (χ3v) is 0.777. The summed E-state index contributed by atoms with van der Waals surface area (Å²) < 4.78 is 4.63. The summed E-state index contributed by atoms with van der Waals surface area (Å²) in [6, 6.07) is 0. The van der Waals surface area contributed by atoms with E-state index in [9.17, 15) is 4.79 Å². The van der Waals surface area contributed by atoms with E-state index < -0.39 is 5.97 Å². The van der Waals surface area contributed by atoms with Crippen LogP contribution in [0.25, 0.3) is 10.4 Å². The third-order valence-electron chi connectivity index (χ3n) is 0.777. The van der Waals surface area contributed by atoms with Crippen LogP contribution >= 0.6 is 0 Å². The fourth-order valence-electron chi connectivity index (χ4n) is 0.375. The molecule has 5 nitrogen and oxygen atoms in total. The number of rotatable bonds is 4. The number of hydrogen-bond acceptors (Lipinski definition) is 3. The predicted molar refractivity (Wildman–Crippen MR) is 39.5 cm³/mol. The second-order valence-corrected chi connectivity index (χ2v) is 1.69. The van der Waals surface area contributed by atoms with Crippen molar-refractivity contribution in [2.24, 2.45) is 5.11 Å². The summed E-state index contributed by atoms with van der Waals surface area (Å²) in [6.07, 6.45) is 2.91. The van der Waals surface area contributed by atoms with Crippen molar-refractivity contribution in [3.8, 4) is 0 Å². The number of azide groups is 1. The highest BCUT2D eigenvalue weighted by molar-refractivity contribution is 5.81. The predicted octanol–water partition coefficient (Wildman–Crippen LogP) is 1.76. The van der Waals surface area contributed by atoms with E-state index >= 15 is 0 Å². The topological polar surface area (TPSA) is 75.1 Å². The summed E-state index contributed by atoms with van der Waals surface area (Å²) in [5, 5.41) is 3.02. The van der Waals surface area contributed by atoms with Crippen molar-refractivity contribution in [3.05, 3.63) is 22.7 Å². The van der Waals surface area contributed by atoms with Crippen molar-refractivity contribution in [2.45, 2.75) is 13.3 Å². The summed E-state index contributed by atoms with van der Waals surface area (Å²) in [7, 11) is 0. The number of carbonyl (C=O) groups excluding carboxylic acids is 1. The van der Waals surface area contributed by atoms with Gasteiger partial charge in [0.05, 0.1) is 6.61 Å². The summed E-state index contributed by atoms with van der Waals surface area (Å²) in [6.45, 7) is 2.28. The number of ether oxygens (including phenoxy) is 1. The van der Waals surface area contributed by atoms with E-state index in [0.29, 0.717) is 6.61 Å². The van der Waals surface area contributed by atoms with Gasteiger partial charge in [0.25, 0.3) is 0 Å². The summed E-state index contributed by atoms with van der Waals surface area (Å²) in [5.41, 5.74) is 7.81. The molecule has 0 aliphatic heterocycles. The lowest BCUT2D eigenvalue weighted by Crippen LogP contribution is -2.00. The first-order valence-corrected chi connectivity index (χ1v) is 3.18. The van der Waals surface area contributed by atoms with Crippen molar-refractivity contribution >= 4 is 5.97 Å². The Bertz CT molecular complexity index is 194. The van der Waals surface area contributed by atoms with Gasteiger partial charge >= 0.3 is 5.97 Å². The number of esters is 1. The van der Waals surface area contributed by atoms with Gasteiger partial charge < -0.3 is 4.74 Å². The van der Waals surface area contributed by atoms with Gasteiger partial charge in [-0.05, 0) is 12.0 Å². The highest BCUT2D eigenvalue weighted by Gasteiger charge is 1.91. The van der Waals surface area contributed by atoms with Gasteiger partial charge in [-0.2, -0.15) is 0 Å². The molecule has 0 amide bonds. The minimum atomic E-state index is -0.487. The van der Waals surface area contributed by atoms with E-state index in [2.05, 4.69) is 14.8 Å². The van der Waals surface area contributed by atoms with Gasteiger partial charge in [0, 0.05) is 17.2 Å². The molecular formula is C6H9N3O2. The van der Waals surface area contributed by atoms with Crippen molar-refractivity contribution in [3.63, 3.8) is 0 Å². The van der Waals surface area contributed by atoms with Gasteiger partial charge in [-0.3, -0.25) is 0 Å². The Kier molecular flexibility index (Phi) is 5.74. The molecule has 0 N–H and O–H groups in total. The van der Waals surface area contributed by atoms with Crippen molar-refractivity contribution in [2.75, 3.05) is 6.61 Å². The average molecular weight is 155 g/mol. The van der Waals surface area contributed by atoms with E-state index in [-0.39, 0.29) is 0 Å². The Morgan fingerprint density at radius 2 is 2.55 bits per heavy atom. The van der Waals surface area contributed by atoms with Gasteiger partial charge in [0.1, 0.15) is 0 Å². The van der Waals surface area contributed by atoms with Gasteiger partial charge in [0.15, 0.2) is 0 Å². The summed E-state index contributed by atoms with van der Waals surface area (Å²) in [4.78, 5) is 13.0. The molecule has 0 saturated carbocycles. The van der Waals surface area contributed by atoms with E-state index in [1.807, 2.05) is 6.92 Å².